The number of imidazole rings is 3. The average molecular weight is 1650 g/mol. The molecule has 15 N–H and O–H groups in total. The van der Waals surface area contributed by atoms with Crippen LogP contribution in [0.3, 0.4) is 0 Å². The number of rotatable bonds is 23. The summed E-state index contributed by atoms with van der Waals surface area (Å²) in [5.41, 5.74) is 12.0. The van der Waals surface area contributed by atoms with Gasteiger partial charge in [0.2, 0.25) is 23.7 Å². The van der Waals surface area contributed by atoms with Gasteiger partial charge in [0.15, 0.2) is 104 Å². The number of ether oxygens (including phenoxy) is 5. The first-order chi connectivity index (χ1) is 52.2. The van der Waals surface area contributed by atoms with Crippen LogP contribution in [0, 0.1) is 29.1 Å². The predicted octanol–water partition coefficient (Wildman–Crippen LogP) is 6.50. The van der Waals surface area contributed by atoms with Crippen molar-refractivity contribution in [3.05, 3.63) is 114 Å². The molecule has 3 aromatic carbocycles. The van der Waals surface area contributed by atoms with E-state index in [1.807, 2.05) is 5.09 Å². The van der Waals surface area contributed by atoms with Crippen LogP contribution in [-0.4, -0.2) is 208 Å². The number of aliphatic hydroxyl groups excluding tert-OH is 5. The molecule has 0 saturated carbocycles. The molecule has 36 nitrogen and oxygen atoms in total. The fourth-order valence-corrected chi connectivity index (χ4v) is 14.8. The summed E-state index contributed by atoms with van der Waals surface area (Å²) >= 11 is 5.91. The SMILES string of the molecule is C.CC(C)OC(=O)CN[P@](=O)(Oc1ccccc1)c1c(F)c(F)c(F)c(F)c1F.CNc1nc(N)nc2c1ncn2[C@@H]1O[C@H](CO)[C@@H](O)[C@@]1(C)F.CNc1nc(N)nc2c1ncn2[C@@H]1O[C@H](CO[P@@](=O)(N[C@@H](C)C(=O)OC(C)C)Oc2ccccc2)[C@@H](O)[C@@]1(C)F.C[C@@]1(F)[C@H](O)[C@@H](CO)O[C@H]1n1cnc2c(Cl)nc(N)nc21. The minimum Gasteiger partial charge on any atom is -0.462 e. The fourth-order valence-electron chi connectivity index (χ4n) is 11.3. The van der Waals surface area contributed by atoms with E-state index in [9.17, 15) is 69.9 Å². The molecule has 15 atom stereocenters. The molecular formula is C65H82ClF8N19O17P2. The van der Waals surface area contributed by atoms with Crippen LogP contribution in [0.5, 0.6) is 11.5 Å². The smallest absolute Gasteiger partial charge is 0.459 e. The Bertz CT molecular complexity index is 4870. The second-order valence-electron chi connectivity index (χ2n) is 25.7. The van der Waals surface area contributed by atoms with Gasteiger partial charge in [-0.15, -0.1) is 0 Å². The van der Waals surface area contributed by atoms with Crippen molar-refractivity contribution in [2.45, 2.75) is 153 Å². The number of esters is 2. The number of fused-ring (bicyclic) bond motifs is 3. The minimum absolute atomic E-state index is 0. The maximum Gasteiger partial charge on any atom is 0.459 e. The van der Waals surface area contributed by atoms with Gasteiger partial charge in [-0.2, -0.15) is 35.0 Å². The molecule has 9 heterocycles. The summed E-state index contributed by atoms with van der Waals surface area (Å²) in [5, 5.41) is 57.5. The second kappa shape index (κ2) is 35.7. The van der Waals surface area contributed by atoms with Crippen LogP contribution in [-0.2, 0) is 46.9 Å². The summed E-state index contributed by atoms with van der Waals surface area (Å²) in [6.07, 6.45) is -8.90. The molecule has 0 spiro atoms. The van der Waals surface area contributed by atoms with E-state index in [2.05, 4.69) is 60.6 Å². The zero-order chi connectivity index (χ0) is 81.7. The molecule has 0 bridgehead atoms. The number of hydrogen-bond donors (Lipinski definition) is 12. The molecular weight excluding hydrogens is 1570 g/mol. The Kier molecular flexibility index (Phi) is 28.1. The molecule has 3 aliphatic rings. The first-order valence-corrected chi connectivity index (χ1v) is 36.8. The van der Waals surface area contributed by atoms with Crippen molar-refractivity contribution in [1.29, 1.82) is 0 Å². The van der Waals surface area contributed by atoms with Crippen molar-refractivity contribution in [2.24, 2.45) is 0 Å². The number of para-hydroxylation sites is 2. The van der Waals surface area contributed by atoms with E-state index in [0.717, 1.165) is 6.92 Å². The van der Waals surface area contributed by atoms with Gasteiger partial charge in [0.05, 0.1) is 51.0 Å². The van der Waals surface area contributed by atoms with E-state index >= 15 is 4.39 Å². The standard InChI is InChI=1S/C24H33FN7O7P.C17H15F5NO4P.C12H17FN6O3.C11H13ClFN5O3.CH4/c1-13(2)37-21(34)14(3)31-40(35,39-15-9-7-6-8-10-15)36-11-16-18(33)24(4,25)22(38-16)32-12-28-17-19(27-5)29-23(26)30-20(17)32;1-9(2)26-11(24)8-23-28(25,27-10-6-4-3-5-7-10)17-15(21)13(19)12(18)14(20)16(17)22;1-12(13)7(21)5(3-20)22-10(12)19-4-16-6-8(15-2)17-11(14)18-9(6)19;1-11(13)6(20)4(2-19)21-9(11)18-3-15-5-7(12)16-10(14)17-8(5)18;/h6-10,12-14,16,18,22,33H,11H2,1-5H3,(H,31,35)(H3,26,27,29,30);3-7,9H,8H2,1-2H3,(H,23,25);4-5,7,10,20-21H,3H2,1-2H3,(H3,14,15,17,18);3-4,6,9,19-20H,2H2,1H3,(H2,14,16,17);1H4/t14-,16+,18+,22+,24+,40-;28-;5-,7-,10-,12-;4-,6-,9-,11-;/m0111./s1. The molecule has 3 aliphatic heterocycles. The number of carbonyl (C=O) groups excluding carboxylic acids is 2. The number of aromatic nitrogens is 12. The number of hydrogen-bond acceptors (Lipinski definition) is 31. The van der Waals surface area contributed by atoms with Gasteiger partial charge in [0, 0.05) is 14.1 Å². The largest absolute Gasteiger partial charge is 0.462 e. The normalized spacial score (nSPS) is 24.7. The van der Waals surface area contributed by atoms with Gasteiger partial charge >= 0.3 is 27.2 Å². The van der Waals surface area contributed by atoms with Crippen LogP contribution >= 0.6 is 26.9 Å². The first kappa shape index (κ1) is 88.2. The van der Waals surface area contributed by atoms with Gasteiger partial charge in [-0.1, -0.05) is 55.4 Å². The number of nitrogens with two attached hydrogens (primary N) is 3. The van der Waals surface area contributed by atoms with Crippen LogP contribution in [0.4, 0.5) is 64.6 Å². The number of aliphatic hydroxyl groups is 5. The maximum atomic E-state index is 16.0. The van der Waals surface area contributed by atoms with Crippen molar-refractivity contribution in [2.75, 3.05) is 68.3 Å². The van der Waals surface area contributed by atoms with Gasteiger partial charge < -0.3 is 86.1 Å². The van der Waals surface area contributed by atoms with Crippen LogP contribution in [0.1, 0.15) is 81.5 Å². The van der Waals surface area contributed by atoms with Crippen molar-refractivity contribution in [3.8, 4) is 11.5 Å². The summed E-state index contributed by atoms with van der Waals surface area (Å²) in [4.78, 5) is 60.4. The zero-order valence-electron chi connectivity index (χ0n) is 60.3. The molecule has 3 saturated heterocycles. The first-order valence-electron chi connectivity index (χ1n) is 33.3. The maximum absolute atomic E-state index is 16.0. The van der Waals surface area contributed by atoms with E-state index in [-0.39, 0.29) is 64.4 Å². The number of nitrogens with one attached hydrogen (secondary N) is 4. The number of nitrogens with zero attached hydrogens (tertiary/aromatic N) is 12. The molecule has 0 radical (unpaired) electrons. The average Bonchev–Trinajstić information content (AvgIpc) is 1.60. The summed E-state index contributed by atoms with van der Waals surface area (Å²) in [7, 11) is -6.00. The minimum atomic E-state index is -4.99. The van der Waals surface area contributed by atoms with E-state index in [0.29, 0.717) is 22.7 Å². The molecule has 3 fully saturated rings. The van der Waals surface area contributed by atoms with Gasteiger partial charge in [-0.3, -0.25) is 32.4 Å². The molecule has 0 unspecified atom stereocenters. The Balaban J connectivity index is 0.000000193. The monoisotopic (exact) mass is 1650 g/mol. The van der Waals surface area contributed by atoms with Crippen molar-refractivity contribution >= 4 is 107 Å². The Labute approximate surface area is 637 Å². The lowest BCUT2D eigenvalue weighted by Crippen LogP contribution is -2.41. The molecule has 0 amide bonds. The summed E-state index contributed by atoms with van der Waals surface area (Å²) < 4.78 is 188. The van der Waals surface area contributed by atoms with Crippen molar-refractivity contribution in [3.63, 3.8) is 0 Å². The Morgan fingerprint density at radius 1 is 0.580 bits per heavy atom. The van der Waals surface area contributed by atoms with Crippen LogP contribution in [0.2, 0.25) is 5.15 Å². The third kappa shape index (κ3) is 18.8. The summed E-state index contributed by atoms with van der Waals surface area (Å²) in [6.45, 7) is 8.90. The highest BCUT2D eigenvalue weighted by atomic mass is 35.5. The highest BCUT2D eigenvalue weighted by Crippen LogP contribution is 2.50. The highest BCUT2D eigenvalue weighted by molar-refractivity contribution is 7.65. The quantitative estimate of drug-likeness (QED) is 0.00812. The molecule has 112 heavy (non-hydrogen) atoms. The van der Waals surface area contributed by atoms with Crippen LogP contribution in [0.15, 0.2) is 79.6 Å². The Morgan fingerprint density at radius 2 is 0.955 bits per heavy atom. The number of alkyl halides is 3. The van der Waals surface area contributed by atoms with Gasteiger partial charge in [-0.25, -0.2) is 59.7 Å². The summed E-state index contributed by atoms with van der Waals surface area (Å²) in [5.74, 6) is -12.8. The molecule has 612 valence electrons. The predicted molar refractivity (Wildman–Crippen MR) is 387 cm³/mol. The zero-order valence-corrected chi connectivity index (χ0v) is 62.8. The second-order valence-corrected chi connectivity index (χ2v) is 29.8. The van der Waals surface area contributed by atoms with Gasteiger partial charge in [0.25, 0.3) is 0 Å². The van der Waals surface area contributed by atoms with Gasteiger partial charge in [-0.05, 0) is 79.7 Å². The number of anilines is 5. The van der Waals surface area contributed by atoms with E-state index in [1.54, 1.807) is 64.3 Å². The number of benzene rings is 3. The van der Waals surface area contributed by atoms with Crippen LogP contribution < -0.4 is 52.4 Å². The number of carbonyl (C=O) groups is 2. The highest BCUT2D eigenvalue weighted by Gasteiger charge is 2.58. The lowest BCUT2D eigenvalue weighted by atomic mass is 9.98. The number of nitrogen functional groups attached to an aromatic ring is 3. The fraction of sp³-hybridized carbons (Fsp3) is 0.462. The lowest BCUT2D eigenvalue weighted by Gasteiger charge is -2.25. The lowest BCUT2D eigenvalue weighted by molar-refractivity contribution is -0.149. The van der Waals surface area contributed by atoms with E-state index in [4.69, 9.17) is 71.2 Å². The van der Waals surface area contributed by atoms with Crippen LogP contribution in [0.25, 0.3) is 33.5 Å². The third-order valence-electron chi connectivity index (χ3n) is 16.7. The topological polar surface area (TPSA) is 500 Å². The molecule has 12 rings (SSSR count). The molecule has 9 aromatic rings. The van der Waals surface area contributed by atoms with E-state index < -0.39 is 179 Å². The van der Waals surface area contributed by atoms with E-state index in [1.165, 1.54) is 91.6 Å². The Morgan fingerprint density at radius 3 is 1.36 bits per heavy atom. The number of halogens is 9. The Hall–Kier alpha value is -9.40. The molecule has 47 heteroatoms. The summed E-state index contributed by atoms with van der Waals surface area (Å²) in [6, 6.07) is 13.9. The van der Waals surface area contributed by atoms with Crippen molar-refractivity contribution in [1.82, 2.24) is 68.7 Å². The molecule has 6 aromatic heterocycles. The molecule has 0 aliphatic carbocycles. The van der Waals surface area contributed by atoms with Crippen molar-refractivity contribution < 1.29 is 117 Å². The van der Waals surface area contributed by atoms with Gasteiger partial charge in [0.1, 0.15) is 71.5 Å². The third-order valence-corrected chi connectivity index (χ3v) is 20.6.